The second-order valence-electron chi connectivity index (χ2n) is 7.45. The Morgan fingerprint density at radius 2 is 1.58 bits per heavy atom. The van der Waals surface area contributed by atoms with Gasteiger partial charge >= 0.3 is 0 Å². The minimum atomic E-state index is -0.230. The second-order valence-corrected chi connectivity index (χ2v) is 7.45. The molecule has 0 aliphatic rings. The van der Waals surface area contributed by atoms with Crippen molar-refractivity contribution in [2.75, 3.05) is 10.6 Å². The smallest absolute Gasteiger partial charge is 0.256 e. The fourth-order valence-electron chi connectivity index (χ4n) is 3.67. The first-order chi connectivity index (χ1) is 14.8. The topological polar surface area (TPSA) is 88.9 Å². The van der Waals surface area contributed by atoms with Crippen LogP contribution in [-0.4, -0.2) is 26.6 Å². The van der Waals surface area contributed by atoms with Crippen LogP contribution in [0.2, 0.25) is 0 Å². The Hall–Kier alpha value is -4.00. The lowest BCUT2D eigenvalue weighted by molar-refractivity contribution is -0.114. The summed E-state index contributed by atoms with van der Waals surface area (Å²) in [6.07, 6.45) is 0. The number of anilines is 2. The largest absolute Gasteiger partial charge is 0.326 e. The molecule has 0 aliphatic carbocycles. The standard InChI is InChI=1S/C24H23N5O2/c1-14-23(15(2)29(4)28-14)22-13-20(19-7-5-6-8-21(19)27-22)24(31)26-18-11-9-17(10-12-18)25-16(3)30/h5-13H,1-4H3,(H,25,30)(H,26,31). The first-order valence-corrected chi connectivity index (χ1v) is 9.93. The molecule has 0 radical (unpaired) electrons. The average Bonchev–Trinajstić information content (AvgIpc) is 2.99. The van der Waals surface area contributed by atoms with Crippen molar-refractivity contribution in [3.05, 3.63) is 71.5 Å². The van der Waals surface area contributed by atoms with Crippen molar-refractivity contribution in [1.29, 1.82) is 0 Å². The van der Waals surface area contributed by atoms with Crippen LogP contribution in [0.4, 0.5) is 11.4 Å². The predicted molar refractivity (Wildman–Crippen MR) is 122 cm³/mol. The van der Waals surface area contributed by atoms with Gasteiger partial charge in [0, 0.05) is 42.0 Å². The van der Waals surface area contributed by atoms with Gasteiger partial charge in [-0.2, -0.15) is 5.10 Å². The van der Waals surface area contributed by atoms with Crippen LogP contribution in [0.1, 0.15) is 28.7 Å². The van der Waals surface area contributed by atoms with E-state index >= 15 is 0 Å². The molecule has 0 saturated carbocycles. The van der Waals surface area contributed by atoms with E-state index in [4.69, 9.17) is 4.98 Å². The van der Waals surface area contributed by atoms with Crippen molar-refractivity contribution in [3.8, 4) is 11.3 Å². The van der Waals surface area contributed by atoms with Gasteiger partial charge in [-0.1, -0.05) is 18.2 Å². The fourth-order valence-corrected chi connectivity index (χ4v) is 3.67. The number of fused-ring (bicyclic) bond motifs is 1. The van der Waals surface area contributed by atoms with Crippen LogP contribution < -0.4 is 10.6 Å². The van der Waals surface area contributed by atoms with E-state index in [2.05, 4.69) is 15.7 Å². The Labute approximate surface area is 180 Å². The van der Waals surface area contributed by atoms with Crippen molar-refractivity contribution < 1.29 is 9.59 Å². The monoisotopic (exact) mass is 413 g/mol. The van der Waals surface area contributed by atoms with Crippen molar-refractivity contribution >= 4 is 34.1 Å². The Kier molecular flexibility index (Phi) is 5.25. The number of aromatic nitrogens is 3. The van der Waals surface area contributed by atoms with E-state index < -0.39 is 0 Å². The molecule has 7 heteroatoms. The molecule has 0 unspecified atom stereocenters. The summed E-state index contributed by atoms with van der Waals surface area (Å²) in [7, 11) is 1.89. The highest BCUT2D eigenvalue weighted by Gasteiger charge is 2.18. The first-order valence-electron chi connectivity index (χ1n) is 9.93. The molecule has 4 aromatic rings. The van der Waals surface area contributed by atoms with Gasteiger partial charge in [0.15, 0.2) is 0 Å². The number of pyridine rings is 1. The number of aryl methyl sites for hydroxylation is 2. The SMILES string of the molecule is CC(=O)Nc1ccc(NC(=O)c2cc(-c3c(C)nn(C)c3C)nc3ccccc23)cc1. The van der Waals surface area contributed by atoms with Crippen LogP contribution >= 0.6 is 0 Å². The lowest BCUT2D eigenvalue weighted by Crippen LogP contribution is -2.13. The highest BCUT2D eigenvalue weighted by atomic mass is 16.2. The maximum Gasteiger partial charge on any atom is 0.256 e. The van der Waals surface area contributed by atoms with Crippen LogP contribution in [0, 0.1) is 13.8 Å². The van der Waals surface area contributed by atoms with E-state index in [0.717, 1.165) is 27.9 Å². The summed E-state index contributed by atoms with van der Waals surface area (Å²) in [5.41, 5.74) is 6.08. The molecule has 2 aromatic heterocycles. The molecule has 2 heterocycles. The molecule has 0 fully saturated rings. The summed E-state index contributed by atoms with van der Waals surface area (Å²) < 4.78 is 1.82. The Morgan fingerprint density at radius 3 is 2.19 bits per heavy atom. The van der Waals surface area contributed by atoms with Gasteiger partial charge in [0.05, 0.1) is 22.5 Å². The normalized spacial score (nSPS) is 10.8. The number of carbonyl (C=O) groups excluding carboxylic acids is 2. The van der Waals surface area contributed by atoms with E-state index in [9.17, 15) is 9.59 Å². The van der Waals surface area contributed by atoms with Crippen LogP contribution in [0.5, 0.6) is 0 Å². The number of carbonyl (C=O) groups is 2. The number of benzene rings is 2. The lowest BCUT2D eigenvalue weighted by atomic mass is 10.0. The Balaban J connectivity index is 1.74. The van der Waals surface area contributed by atoms with Gasteiger partial charge in [0.2, 0.25) is 5.91 Å². The van der Waals surface area contributed by atoms with Crippen LogP contribution in [0.25, 0.3) is 22.2 Å². The van der Waals surface area contributed by atoms with E-state index in [1.54, 1.807) is 24.3 Å². The van der Waals surface area contributed by atoms with Crippen molar-refractivity contribution in [2.45, 2.75) is 20.8 Å². The molecule has 0 saturated heterocycles. The summed E-state index contributed by atoms with van der Waals surface area (Å²) in [5.74, 6) is -0.375. The van der Waals surface area contributed by atoms with Gasteiger partial charge in [0.25, 0.3) is 5.91 Å². The van der Waals surface area contributed by atoms with Crippen LogP contribution in [-0.2, 0) is 11.8 Å². The third-order valence-corrected chi connectivity index (χ3v) is 5.19. The van der Waals surface area contributed by atoms with Gasteiger partial charge in [-0.05, 0) is 50.2 Å². The van der Waals surface area contributed by atoms with Crippen LogP contribution in [0.15, 0.2) is 54.6 Å². The summed E-state index contributed by atoms with van der Waals surface area (Å²) >= 11 is 0. The molecule has 0 aliphatic heterocycles. The zero-order valence-corrected chi connectivity index (χ0v) is 17.9. The molecule has 7 nitrogen and oxygen atoms in total. The second kappa shape index (κ2) is 8.02. The summed E-state index contributed by atoms with van der Waals surface area (Å²) in [6.45, 7) is 5.38. The third-order valence-electron chi connectivity index (χ3n) is 5.19. The Bertz CT molecular complexity index is 1310. The minimum Gasteiger partial charge on any atom is -0.326 e. The van der Waals surface area contributed by atoms with Gasteiger partial charge < -0.3 is 10.6 Å². The van der Waals surface area contributed by atoms with E-state index in [1.807, 2.05) is 55.9 Å². The molecule has 4 rings (SSSR count). The number of nitrogens with zero attached hydrogens (tertiary/aromatic N) is 3. The van der Waals surface area contributed by atoms with E-state index in [0.29, 0.717) is 22.6 Å². The maximum absolute atomic E-state index is 13.2. The van der Waals surface area contributed by atoms with Crippen molar-refractivity contribution in [2.24, 2.45) is 7.05 Å². The fraction of sp³-hybridized carbons (Fsp3) is 0.167. The predicted octanol–water partition coefficient (Wildman–Crippen LogP) is 4.46. The third kappa shape index (κ3) is 4.02. The van der Waals surface area contributed by atoms with Crippen LogP contribution in [0.3, 0.4) is 0 Å². The molecule has 156 valence electrons. The van der Waals surface area contributed by atoms with Crippen molar-refractivity contribution in [3.63, 3.8) is 0 Å². The lowest BCUT2D eigenvalue weighted by Gasteiger charge is -2.11. The maximum atomic E-state index is 13.2. The molecule has 2 amide bonds. The molecule has 2 N–H and O–H groups in total. The Morgan fingerprint density at radius 1 is 0.935 bits per heavy atom. The molecule has 31 heavy (non-hydrogen) atoms. The van der Waals surface area contributed by atoms with Crippen molar-refractivity contribution in [1.82, 2.24) is 14.8 Å². The van der Waals surface area contributed by atoms with Gasteiger partial charge in [-0.15, -0.1) is 0 Å². The van der Waals surface area contributed by atoms with Gasteiger partial charge in [-0.3, -0.25) is 14.3 Å². The highest BCUT2D eigenvalue weighted by molar-refractivity contribution is 6.13. The molecule has 0 bridgehead atoms. The average molecular weight is 413 g/mol. The van der Waals surface area contributed by atoms with Gasteiger partial charge in [0.1, 0.15) is 0 Å². The number of para-hydroxylation sites is 1. The minimum absolute atomic E-state index is 0.145. The molecule has 0 atom stereocenters. The molecular formula is C24H23N5O2. The van der Waals surface area contributed by atoms with Gasteiger partial charge in [-0.25, -0.2) is 4.98 Å². The summed E-state index contributed by atoms with van der Waals surface area (Å²) in [4.78, 5) is 29.2. The number of hydrogen-bond acceptors (Lipinski definition) is 4. The molecular weight excluding hydrogens is 390 g/mol. The number of amides is 2. The number of rotatable bonds is 4. The van der Waals surface area contributed by atoms with E-state index in [-0.39, 0.29) is 11.8 Å². The first kappa shape index (κ1) is 20.3. The zero-order chi connectivity index (χ0) is 22.1. The van der Waals surface area contributed by atoms with E-state index in [1.165, 1.54) is 6.92 Å². The quantitative estimate of drug-likeness (QED) is 0.517. The number of hydrogen-bond donors (Lipinski definition) is 2. The summed E-state index contributed by atoms with van der Waals surface area (Å²) in [6, 6.07) is 16.4. The summed E-state index contributed by atoms with van der Waals surface area (Å²) in [5, 5.41) is 10.9. The zero-order valence-electron chi connectivity index (χ0n) is 17.9. The number of nitrogens with one attached hydrogen (secondary N) is 2. The highest BCUT2D eigenvalue weighted by Crippen LogP contribution is 2.29. The molecule has 0 spiro atoms. The molecule has 2 aromatic carbocycles.